The van der Waals surface area contributed by atoms with Gasteiger partial charge in [-0.15, -0.1) is 0 Å². The molecular weight excluding hydrogens is 1100 g/mol. The van der Waals surface area contributed by atoms with E-state index < -0.39 is 242 Å². The highest BCUT2D eigenvalue weighted by Crippen LogP contribution is 2.55. The molecule has 33 heteroatoms. The zero-order chi connectivity index (χ0) is 59.6. The van der Waals surface area contributed by atoms with E-state index in [2.05, 4.69) is 0 Å². The first-order valence-corrected chi connectivity index (χ1v) is 22.7. The number of esters is 5. The Morgan fingerprint density at radius 2 is 1.06 bits per heavy atom. The number of ether oxygens (including phenoxy) is 8. The summed E-state index contributed by atoms with van der Waals surface area (Å²) in [7, 11) is 0. The first-order chi connectivity index (χ1) is 38.0. The number of rotatable bonds is 10. The summed E-state index contributed by atoms with van der Waals surface area (Å²) in [6, 6.07) is 3.18. The predicted molar refractivity (Wildman–Crippen MR) is 249 cm³/mol. The first kappa shape index (κ1) is 57.3. The zero-order valence-corrected chi connectivity index (χ0v) is 40.1. The van der Waals surface area contributed by atoms with Crippen LogP contribution in [-0.4, -0.2) is 213 Å². The molecule has 2 fully saturated rings. The number of carbonyl (C=O) groups is 5. The molecule has 0 amide bonds. The van der Waals surface area contributed by atoms with E-state index in [-0.39, 0.29) is 0 Å². The van der Waals surface area contributed by atoms with E-state index in [1.807, 2.05) is 0 Å². The molecule has 0 saturated carbocycles. The second-order valence-corrected chi connectivity index (χ2v) is 17.8. The number of phenols is 14. The fourth-order valence-corrected chi connectivity index (χ4v) is 8.44. The summed E-state index contributed by atoms with van der Waals surface area (Å²) in [6.45, 7) is -3.88. The molecule has 5 aromatic rings. The Bertz CT molecular complexity index is 3360. The van der Waals surface area contributed by atoms with Crippen LogP contribution in [0.3, 0.4) is 0 Å². The van der Waals surface area contributed by atoms with Crippen LogP contribution in [0, 0.1) is 0 Å². The summed E-state index contributed by atoms with van der Waals surface area (Å²) in [6.07, 6.45) is -20.6. The standard InChI is InChI=1S/C48H42O33/c49-8-23-32(61)36(65)41(66)48(73,81-23)10-75-45(70)15-6-21(55)30(59)35(64)37(15)76-22-7-14-26(34(63)31(22)60)25-13(5-20(54)29(58)33(25)62)46(71)78-38-24(9-74-44(14)69)77-47(72)40(80-43(68)12-3-18(52)28(57)19(53)4-12)39(38)79-42(67)11-1-16(50)27(56)17(51)2-11/h1-7,23-24,32,36,38-41,47,49-66,72-73H,8-10H2/t23-,24-,32-,36-,38-,39+,40-,41+,47-,48?/m1/s1. The third-order valence-corrected chi connectivity index (χ3v) is 12.6. The SMILES string of the molecule is O=C(O[C@@H]1[C@@H](OC(=O)c2cc(O)c(O)c(O)c2)[C@H](O)O[C@@H]2COC(=O)c3cc(Oc4c(C(=O)OCC5(O)O[C@H](CO)[C@@H](O)[C@@H](O)[C@@H]5O)cc(O)c(O)c4O)c(O)c(O)c3-c3c(cc(O)c(O)c3O)C(=O)O[C@@H]12)c1cc(O)c(O)c(O)c1. The highest BCUT2D eigenvalue weighted by molar-refractivity contribution is 6.08. The van der Waals surface area contributed by atoms with Crippen molar-refractivity contribution in [1.29, 1.82) is 0 Å². The van der Waals surface area contributed by atoms with Crippen LogP contribution in [0.15, 0.2) is 42.5 Å². The lowest BCUT2D eigenvalue weighted by atomic mass is 9.91. The Morgan fingerprint density at radius 1 is 0.568 bits per heavy atom. The Hall–Kier alpha value is -9.87. The maximum Gasteiger partial charge on any atom is 0.342 e. The Labute approximate surface area is 447 Å². The molecule has 0 aromatic heterocycles. The number of carbonyl (C=O) groups excluding carboxylic acids is 5. The fraction of sp³-hybridized carbons (Fsp3) is 0.271. The van der Waals surface area contributed by atoms with Crippen LogP contribution in [0.25, 0.3) is 11.1 Å². The molecule has 0 spiro atoms. The lowest BCUT2D eigenvalue weighted by Gasteiger charge is -2.44. The molecule has 5 aromatic carbocycles. The van der Waals surface area contributed by atoms with Crippen LogP contribution in [0.4, 0.5) is 0 Å². The largest absolute Gasteiger partial charge is 0.504 e. The highest BCUT2D eigenvalue weighted by Gasteiger charge is 2.55. The highest BCUT2D eigenvalue weighted by atomic mass is 16.7. The van der Waals surface area contributed by atoms with Crippen molar-refractivity contribution in [3.8, 4) is 103 Å². The van der Waals surface area contributed by atoms with Gasteiger partial charge in [0, 0.05) is 23.3 Å². The Balaban J connectivity index is 1.22. The number of hydrogen-bond donors (Lipinski definition) is 20. The lowest BCUT2D eigenvalue weighted by Crippen LogP contribution is -2.66. The van der Waals surface area contributed by atoms with E-state index in [9.17, 15) is 126 Å². The van der Waals surface area contributed by atoms with E-state index in [0.717, 1.165) is 0 Å². The van der Waals surface area contributed by atoms with Gasteiger partial charge in [-0.25, -0.2) is 24.0 Å². The smallest absolute Gasteiger partial charge is 0.342 e. The molecule has 3 aliphatic heterocycles. The monoisotopic (exact) mass is 1150 g/mol. The van der Waals surface area contributed by atoms with Gasteiger partial charge in [0.2, 0.25) is 28.8 Å². The van der Waals surface area contributed by atoms with Crippen molar-refractivity contribution in [2.75, 3.05) is 19.8 Å². The van der Waals surface area contributed by atoms with Gasteiger partial charge in [0.25, 0.3) is 0 Å². The van der Waals surface area contributed by atoms with Crippen molar-refractivity contribution in [3.05, 3.63) is 70.3 Å². The predicted octanol–water partition coefficient (Wildman–Crippen LogP) is -1.79. The molecule has 0 bridgehead atoms. The molecular formula is C48H42O33. The number of benzene rings is 5. The number of phenolic OH excluding ortho intramolecular Hbond substituents is 14. The number of aliphatic hydroxyl groups is 6. The molecule has 8 rings (SSSR count). The van der Waals surface area contributed by atoms with Gasteiger partial charge in [-0.05, 0) is 30.3 Å². The quantitative estimate of drug-likeness (QED) is 0.0417. The van der Waals surface area contributed by atoms with Gasteiger partial charge < -0.3 is 140 Å². The summed E-state index contributed by atoms with van der Waals surface area (Å²) in [5.41, 5.74) is -7.69. The van der Waals surface area contributed by atoms with Crippen LogP contribution < -0.4 is 4.74 Å². The third kappa shape index (κ3) is 10.3. The minimum Gasteiger partial charge on any atom is -0.504 e. The summed E-state index contributed by atoms with van der Waals surface area (Å²) in [5, 5.41) is 211. The minimum absolute atomic E-state index is 0.328. The van der Waals surface area contributed by atoms with Crippen LogP contribution in [0.2, 0.25) is 0 Å². The van der Waals surface area contributed by atoms with Crippen molar-refractivity contribution >= 4 is 29.8 Å². The second kappa shape index (κ2) is 21.4. The van der Waals surface area contributed by atoms with Crippen LogP contribution in [-0.2, 0) is 33.2 Å². The van der Waals surface area contributed by atoms with Gasteiger partial charge in [0.05, 0.1) is 28.9 Å². The second-order valence-electron chi connectivity index (χ2n) is 17.8. The molecule has 432 valence electrons. The minimum atomic E-state index is -3.10. The van der Waals surface area contributed by atoms with Crippen LogP contribution in [0.5, 0.6) is 92.0 Å². The first-order valence-electron chi connectivity index (χ1n) is 22.7. The average molecular weight is 1150 g/mol. The fourth-order valence-electron chi connectivity index (χ4n) is 8.44. The topological polar surface area (TPSA) is 564 Å². The van der Waals surface area contributed by atoms with Crippen molar-refractivity contribution < 1.29 is 164 Å². The maximum atomic E-state index is 14.6. The van der Waals surface area contributed by atoms with Gasteiger partial charge in [-0.3, -0.25) is 0 Å². The van der Waals surface area contributed by atoms with E-state index in [1.54, 1.807) is 0 Å². The van der Waals surface area contributed by atoms with Gasteiger partial charge >= 0.3 is 29.8 Å². The van der Waals surface area contributed by atoms with E-state index in [1.165, 1.54) is 0 Å². The summed E-state index contributed by atoms with van der Waals surface area (Å²) in [4.78, 5) is 70.0. The van der Waals surface area contributed by atoms with Crippen molar-refractivity contribution in [2.45, 2.75) is 60.9 Å². The summed E-state index contributed by atoms with van der Waals surface area (Å²) in [5.74, 6) is -33.3. The van der Waals surface area contributed by atoms with Crippen molar-refractivity contribution in [2.24, 2.45) is 0 Å². The summed E-state index contributed by atoms with van der Waals surface area (Å²) < 4.78 is 42.9. The average Bonchev–Trinajstić information content (AvgIpc) is 3.67. The van der Waals surface area contributed by atoms with E-state index >= 15 is 0 Å². The molecule has 81 heavy (non-hydrogen) atoms. The number of aromatic hydroxyl groups is 14. The van der Waals surface area contributed by atoms with E-state index in [0.29, 0.717) is 42.5 Å². The van der Waals surface area contributed by atoms with Crippen LogP contribution in [0.1, 0.15) is 51.8 Å². The molecule has 20 N–H and O–H groups in total. The van der Waals surface area contributed by atoms with E-state index in [4.69, 9.17) is 37.9 Å². The molecule has 3 aliphatic rings. The van der Waals surface area contributed by atoms with Crippen molar-refractivity contribution in [3.63, 3.8) is 0 Å². The van der Waals surface area contributed by atoms with Gasteiger partial charge in [-0.1, -0.05) is 0 Å². The maximum absolute atomic E-state index is 14.6. The Morgan fingerprint density at radius 3 is 1.62 bits per heavy atom. The third-order valence-electron chi connectivity index (χ3n) is 12.6. The van der Waals surface area contributed by atoms with Crippen LogP contribution >= 0.6 is 0 Å². The number of hydrogen-bond acceptors (Lipinski definition) is 33. The lowest BCUT2D eigenvalue weighted by molar-refractivity contribution is -0.357. The number of fused-ring (bicyclic) bond motifs is 4. The molecule has 2 saturated heterocycles. The molecule has 3 heterocycles. The normalized spacial score (nSPS) is 24.4. The molecule has 33 nitrogen and oxygen atoms in total. The molecule has 0 radical (unpaired) electrons. The molecule has 1 unspecified atom stereocenters. The number of cyclic esters (lactones) is 1. The van der Waals surface area contributed by atoms with Gasteiger partial charge in [-0.2, -0.15) is 0 Å². The zero-order valence-electron chi connectivity index (χ0n) is 40.1. The van der Waals surface area contributed by atoms with Gasteiger partial charge in [0.1, 0.15) is 49.3 Å². The van der Waals surface area contributed by atoms with Gasteiger partial charge in [0.15, 0.2) is 93.6 Å². The summed E-state index contributed by atoms with van der Waals surface area (Å²) >= 11 is 0. The Kier molecular flexibility index (Phi) is 15.1. The van der Waals surface area contributed by atoms with Crippen molar-refractivity contribution in [1.82, 2.24) is 0 Å². The molecule has 10 atom stereocenters. The molecule has 0 aliphatic carbocycles. The number of aliphatic hydroxyl groups excluding tert-OH is 5.